The summed E-state index contributed by atoms with van der Waals surface area (Å²) in [7, 11) is 0. The van der Waals surface area contributed by atoms with E-state index in [4.69, 9.17) is 0 Å². The van der Waals surface area contributed by atoms with Crippen molar-refractivity contribution < 1.29 is 9.59 Å². The van der Waals surface area contributed by atoms with E-state index >= 15 is 0 Å². The van der Waals surface area contributed by atoms with Crippen LogP contribution in [0.25, 0.3) is 0 Å². The van der Waals surface area contributed by atoms with Gasteiger partial charge in [0.15, 0.2) is 0 Å². The van der Waals surface area contributed by atoms with Crippen molar-refractivity contribution in [2.75, 3.05) is 6.54 Å². The monoisotopic (exact) mass is 306 g/mol. The molecule has 1 aliphatic rings. The minimum atomic E-state index is -0.289. The van der Waals surface area contributed by atoms with Crippen molar-refractivity contribution in [2.45, 2.75) is 13.1 Å². The predicted octanol–water partition coefficient (Wildman–Crippen LogP) is 3.21. The molecular formula is C19H18N2O2. The zero-order valence-corrected chi connectivity index (χ0v) is 12.8. The topological polar surface area (TPSA) is 40.6 Å². The highest BCUT2D eigenvalue weighted by Gasteiger charge is 2.34. The van der Waals surface area contributed by atoms with Crippen LogP contribution in [0.2, 0.25) is 0 Å². The van der Waals surface area contributed by atoms with Crippen LogP contribution in [0, 0.1) is 0 Å². The van der Waals surface area contributed by atoms with E-state index in [1.54, 1.807) is 4.90 Å². The maximum Gasteiger partial charge on any atom is 0.327 e. The van der Waals surface area contributed by atoms with Crippen LogP contribution in [0.3, 0.4) is 0 Å². The SMILES string of the molecule is C=C1CN(Cc2ccccc2)C(=O)N(Cc2ccccc2)C1=O. The lowest BCUT2D eigenvalue weighted by Gasteiger charge is -2.35. The normalized spacial score (nSPS) is 15.2. The molecule has 116 valence electrons. The Morgan fingerprint density at radius 1 is 0.826 bits per heavy atom. The third-order valence-corrected chi connectivity index (χ3v) is 3.83. The third-order valence-electron chi connectivity index (χ3n) is 3.83. The number of carbonyl (C=O) groups is 2. The molecule has 3 amide bonds. The van der Waals surface area contributed by atoms with Gasteiger partial charge in [-0.1, -0.05) is 67.2 Å². The molecule has 3 rings (SSSR count). The van der Waals surface area contributed by atoms with Gasteiger partial charge in [0, 0.05) is 12.1 Å². The summed E-state index contributed by atoms with van der Waals surface area (Å²) in [5.41, 5.74) is 2.39. The molecular weight excluding hydrogens is 288 g/mol. The molecule has 0 aliphatic carbocycles. The van der Waals surface area contributed by atoms with E-state index < -0.39 is 0 Å². The van der Waals surface area contributed by atoms with Gasteiger partial charge in [-0.3, -0.25) is 9.69 Å². The van der Waals surface area contributed by atoms with Crippen molar-refractivity contribution in [3.63, 3.8) is 0 Å². The molecule has 2 aromatic carbocycles. The number of carbonyl (C=O) groups excluding carboxylic acids is 2. The quantitative estimate of drug-likeness (QED) is 0.814. The van der Waals surface area contributed by atoms with Crippen LogP contribution in [-0.2, 0) is 17.9 Å². The van der Waals surface area contributed by atoms with E-state index in [2.05, 4.69) is 6.58 Å². The molecule has 0 radical (unpaired) electrons. The van der Waals surface area contributed by atoms with Gasteiger partial charge in [-0.25, -0.2) is 4.79 Å². The standard InChI is InChI=1S/C19H18N2O2/c1-15-12-20(13-16-8-4-2-5-9-16)19(23)21(18(15)22)14-17-10-6-3-7-11-17/h2-11H,1,12-14H2. The van der Waals surface area contributed by atoms with Crippen molar-refractivity contribution in [3.05, 3.63) is 83.9 Å². The van der Waals surface area contributed by atoms with Gasteiger partial charge in [0.25, 0.3) is 5.91 Å². The molecule has 1 aliphatic heterocycles. The zero-order chi connectivity index (χ0) is 16.2. The molecule has 1 heterocycles. The van der Waals surface area contributed by atoms with Crippen LogP contribution in [-0.4, -0.2) is 28.3 Å². The molecule has 1 saturated heterocycles. The van der Waals surface area contributed by atoms with Crippen LogP contribution in [0.4, 0.5) is 4.79 Å². The first kappa shape index (κ1) is 15.0. The molecule has 4 nitrogen and oxygen atoms in total. The number of nitrogens with zero attached hydrogens (tertiary/aromatic N) is 2. The second-order valence-corrected chi connectivity index (χ2v) is 5.60. The Balaban J connectivity index is 1.79. The van der Waals surface area contributed by atoms with Gasteiger partial charge >= 0.3 is 6.03 Å². The maximum atomic E-state index is 12.7. The van der Waals surface area contributed by atoms with Crippen LogP contribution in [0.15, 0.2) is 72.8 Å². The zero-order valence-electron chi connectivity index (χ0n) is 12.8. The number of urea groups is 1. The summed E-state index contributed by atoms with van der Waals surface area (Å²) in [4.78, 5) is 27.9. The lowest BCUT2D eigenvalue weighted by atomic mass is 10.1. The predicted molar refractivity (Wildman–Crippen MR) is 88.4 cm³/mol. The molecule has 23 heavy (non-hydrogen) atoms. The maximum absolute atomic E-state index is 12.7. The molecule has 2 aromatic rings. The largest absolute Gasteiger partial charge is 0.327 e. The van der Waals surface area contributed by atoms with Crippen molar-refractivity contribution in [1.29, 1.82) is 0 Å². The highest BCUT2D eigenvalue weighted by molar-refractivity contribution is 6.06. The molecule has 0 N–H and O–H groups in total. The molecule has 0 bridgehead atoms. The second kappa shape index (κ2) is 6.48. The third kappa shape index (κ3) is 3.31. The highest BCUT2D eigenvalue weighted by Crippen LogP contribution is 2.19. The molecule has 0 aromatic heterocycles. The van der Waals surface area contributed by atoms with Gasteiger partial charge in [-0.15, -0.1) is 0 Å². The molecule has 0 spiro atoms. The van der Waals surface area contributed by atoms with Crippen LogP contribution < -0.4 is 0 Å². The second-order valence-electron chi connectivity index (χ2n) is 5.60. The van der Waals surface area contributed by atoms with E-state index in [-0.39, 0.29) is 25.0 Å². The lowest BCUT2D eigenvalue weighted by Crippen LogP contribution is -2.52. The Labute approximate surface area is 135 Å². The molecule has 1 fully saturated rings. The first-order valence-electron chi connectivity index (χ1n) is 7.51. The number of hydrogen-bond acceptors (Lipinski definition) is 2. The van der Waals surface area contributed by atoms with Gasteiger partial charge in [0.1, 0.15) is 0 Å². The summed E-state index contributed by atoms with van der Waals surface area (Å²) in [5, 5.41) is 0. The summed E-state index contributed by atoms with van der Waals surface area (Å²) in [5.74, 6) is -0.289. The van der Waals surface area contributed by atoms with E-state index in [9.17, 15) is 9.59 Å². The molecule has 0 unspecified atom stereocenters. The van der Waals surface area contributed by atoms with Crippen molar-refractivity contribution >= 4 is 11.9 Å². The summed E-state index contributed by atoms with van der Waals surface area (Å²) >= 11 is 0. The highest BCUT2D eigenvalue weighted by atomic mass is 16.2. The average Bonchev–Trinajstić information content (AvgIpc) is 2.58. The fourth-order valence-electron chi connectivity index (χ4n) is 2.65. The summed E-state index contributed by atoms with van der Waals surface area (Å²) < 4.78 is 0. The van der Waals surface area contributed by atoms with Crippen molar-refractivity contribution in [1.82, 2.24) is 9.80 Å². The summed E-state index contributed by atoms with van der Waals surface area (Å²) in [6.07, 6.45) is 0. The smallest absolute Gasteiger partial charge is 0.315 e. The molecule has 0 saturated carbocycles. The minimum Gasteiger partial charge on any atom is -0.315 e. The Kier molecular flexibility index (Phi) is 4.24. The molecule has 4 heteroatoms. The Bertz CT molecular complexity index is 726. The molecule has 0 atom stereocenters. The Hall–Kier alpha value is -2.88. The van der Waals surface area contributed by atoms with Gasteiger partial charge in [0.05, 0.1) is 13.1 Å². The van der Waals surface area contributed by atoms with Gasteiger partial charge in [0.2, 0.25) is 0 Å². The number of imide groups is 1. The van der Waals surface area contributed by atoms with Gasteiger partial charge in [-0.2, -0.15) is 0 Å². The van der Waals surface area contributed by atoms with E-state index in [0.717, 1.165) is 11.1 Å². The van der Waals surface area contributed by atoms with Crippen molar-refractivity contribution in [3.8, 4) is 0 Å². The van der Waals surface area contributed by atoms with E-state index in [1.165, 1.54) is 4.90 Å². The average molecular weight is 306 g/mol. The van der Waals surface area contributed by atoms with E-state index in [0.29, 0.717) is 12.1 Å². The van der Waals surface area contributed by atoms with Crippen LogP contribution >= 0.6 is 0 Å². The number of hydrogen-bond donors (Lipinski definition) is 0. The first-order valence-corrected chi connectivity index (χ1v) is 7.51. The Morgan fingerprint density at radius 2 is 1.35 bits per heavy atom. The summed E-state index contributed by atoms with van der Waals surface area (Å²) in [6, 6.07) is 19.0. The van der Waals surface area contributed by atoms with Gasteiger partial charge < -0.3 is 4.90 Å². The Morgan fingerprint density at radius 3 is 1.91 bits per heavy atom. The van der Waals surface area contributed by atoms with Crippen molar-refractivity contribution in [2.24, 2.45) is 0 Å². The lowest BCUT2D eigenvalue weighted by molar-refractivity contribution is -0.127. The van der Waals surface area contributed by atoms with E-state index in [1.807, 2.05) is 60.7 Å². The van der Waals surface area contributed by atoms with Crippen LogP contribution in [0.5, 0.6) is 0 Å². The number of amides is 3. The summed E-state index contributed by atoms with van der Waals surface area (Å²) in [6.45, 7) is 4.84. The minimum absolute atomic E-state index is 0.267. The first-order chi connectivity index (χ1) is 11.1. The van der Waals surface area contributed by atoms with Gasteiger partial charge in [-0.05, 0) is 11.1 Å². The fraction of sp³-hybridized carbons (Fsp3) is 0.158. The number of benzene rings is 2. The fourth-order valence-corrected chi connectivity index (χ4v) is 2.65. The number of rotatable bonds is 4. The van der Waals surface area contributed by atoms with Crippen LogP contribution in [0.1, 0.15) is 11.1 Å².